The number of fused-ring (bicyclic) bond motifs is 3. The van der Waals surface area contributed by atoms with Crippen molar-refractivity contribution in [3.8, 4) is 23.0 Å². The number of halogens is 4. The summed E-state index contributed by atoms with van der Waals surface area (Å²) in [6.07, 6.45) is 7.67. The zero-order chi connectivity index (χ0) is 67.3. The molecule has 0 saturated carbocycles. The van der Waals surface area contributed by atoms with Crippen LogP contribution in [0.2, 0.25) is 5.15 Å². The molecule has 0 radical (unpaired) electrons. The molecule has 0 aliphatic carbocycles. The van der Waals surface area contributed by atoms with Crippen LogP contribution in [0.5, 0.6) is 0 Å². The number of rotatable bonds is 21. The van der Waals surface area contributed by atoms with Crippen LogP contribution in [0, 0.1) is 28.8 Å². The number of aldehydes is 1. The zero-order valence-electron chi connectivity index (χ0n) is 51.0. The van der Waals surface area contributed by atoms with Gasteiger partial charge in [0.15, 0.2) is 28.6 Å². The molecule has 29 heteroatoms. The van der Waals surface area contributed by atoms with Crippen LogP contribution in [0.3, 0.4) is 0 Å². The first-order valence-electron chi connectivity index (χ1n) is 29.1. The van der Waals surface area contributed by atoms with Crippen LogP contribution in [0.15, 0.2) is 145 Å². The molecule has 0 aliphatic rings. The molecule has 1 unspecified atom stereocenters. The summed E-state index contributed by atoms with van der Waals surface area (Å²) in [4.78, 5) is 96.8. The van der Waals surface area contributed by atoms with Gasteiger partial charge in [0.1, 0.15) is 57.7 Å². The van der Waals surface area contributed by atoms with Crippen molar-refractivity contribution in [1.82, 2.24) is 64.2 Å². The second-order valence-corrected chi connectivity index (χ2v) is 20.3. The number of amidine groups is 1. The number of hydrogen-bond acceptors (Lipinski definition) is 20. The average Bonchev–Trinajstić information content (AvgIpc) is 1.65. The van der Waals surface area contributed by atoms with Crippen LogP contribution < -0.4 is 11.3 Å². The summed E-state index contributed by atoms with van der Waals surface area (Å²) in [6, 6.07) is 30.1. The lowest BCUT2D eigenvalue weighted by atomic mass is 10.1. The molecule has 4 N–H and O–H groups in total. The lowest BCUT2D eigenvalue weighted by molar-refractivity contribution is -0.155. The van der Waals surface area contributed by atoms with E-state index in [1.165, 1.54) is 30.6 Å². The van der Waals surface area contributed by atoms with Crippen LogP contribution in [0.1, 0.15) is 67.6 Å². The highest BCUT2D eigenvalue weighted by Gasteiger charge is 2.24. The van der Waals surface area contributed by atoms with Gasteiger partial charge in [-0.3, -0.25) is 29.4 Å². The highest BCUT2D eigenvalue weighted by atomic mass is 35.5. The number of pyridine rings is 3. The van der Waals surface area contributed by atoms with Gasteiger partial charge in [0.05, 0.1) is 81.5 Å². The molecule has 0 aliphatic heterocycles. The number of hydrogen-bond donors (Lipinski definition) is 3. The minimum Gasteiger partial charge on any atom is -0.466 e. The minimum absolute atomic E-state index is 0.0169. The van der Waals surface area contributed by atoms with Crippen molar-refractivity contribution in [3.63, 3.8) is 0 Å². The van der Waals surface area contributed by atoms with E-state index in [1.54, 1.807) is 145 Å². The lowest BCUT2D eigenvalue weighted by Crippen LogP contribution is -2.23. The van der Waals surface area contributed by atoms with E-state index in [1.807, 2.05) is 6.07 Å². The van der Waals surface area contributed by atoms with E-state index in [-0.39, 0.29) is 111 Å². The van der Waals surface area contributed by atoms with Gasteiger partial charge in [0, 0.05) is 58.8 Å². The fourth-order valence-corrected chi connectivity index (χ4v) is 9.31. The van der Waals surface area contributed by atoms with Crippen molar-refractivity contribution in [3.05, 3.63) is 207 Å². The van der Waals surface area contributed by atoms with Crippen molar-refractivity contribution in [1.29, 1.82) is 5.41 Å². The molecule has 8 aromatic heterocycles. The molecule has 25 nitrogen and oxygen atoms in total. The summed E-state index contributed by atoms with van der Waals surface area (Å²) in [7, 11) is 0. The summed E-state index contributed by atoms with van der Waals surface area (Å²) in [6.45, 7) is 8.26. The summed E-state index contributed by atoms with van der Waals surface area (Å²) >= 11 is 6.27. The van der Waals surface area contributed by atoms with Crippen molar-refractivity contribution >= 4 is 80.7 Å². The Morgan fingerprint density at radius 3 is 1.47 bits per heavy atom. The van der Waals surface area contributed by atoms with Gasteiger partial charge in [-0.15, -0.1) is 0 Å². The van der Waals surface area contributed by atoms with Crippen LogP contribution in [-0.4, -0.2) is 127 Å². The number of aromatic amines is 1. The zero-order valence-corrected chi connectivity index (χ0v) is 51.8. The number of carbonyl (C=O) groups excluding carboxylic acids is 5. The average molecular weight is 1300 g/mol. The third kappa shape index (κ3) is 17.5. The molecular formula is C65H61ClF3N15O10. The number of aromatic nitrogens is 13. The number of carbonyl (C=O) groups is 5. The van der Waals surface area contributed by atoms with Crippen molar-refractivity contribution in [2.45, 2.75) is 66.6 Å². The van der Waals surface area contributed by atoms with Gasteiger partial charge in [-0.2, -0.15) is 15.3 Å². The highest BCUT2D eigenvalue weighted by molar-refractivity contribution is 6.30. The van der Waals surface area contributed by atoms with Gasteiger partial charge in [0.25, 0.3) is 5.56 Å². The Morgan fingerprint density at radius 2 is 1.00 bits per heavy atom. The number of ether oxygens (including phenoxy) is 4. The van der Waals surface area contributed by atoms with E-state index < -0.39 is 35.4 Å². The number of nitrogens with zero attached hydrogens (tertiary/aromatic N) is 12. The second kappa shape index (κ2) is 33.1. The second-order valence-electron chi connectivity index (χ2n) is 19.9. The maximum absolute atomic E-state index is 14.1. The van der Waals surface area contributed by atoms with Crippen molar-refractivity contribution < 1.29 is 56.1 Å². The Labute approximate surface area is 538 Å². The van der Waals surface area contributed by atoms with Crippen LogP contribution >= 0.6 is 11.6 Å². The Hall–Kier alpha value is -11.4. The smallest absolute Gasteiger partial charge is 0.316 e. The van der Waals surface area contributed by atoms with Crippen LogP contribution in [-0.2, 0) is 75.4 Å². The van der Waals surface area contributed by atoms with Crippen LogP contribution in [0.4, 0.5) is 13.2 Å². The predicted molar refractivity (Wildman–Crippen MR) is 338 cm³/mol. The summed E-state index contributed by atoms with van der Waals surface area (Å²) in [5, 5.41) is 23.1. The van der Waals surface area contributed by atoms with E-state index in [9.17, 15) is 41.9 Å². The topological polar surface area (TPSA) is 336 Å². The summed E-state index contributed by atoms with van der Waals surface area (Å²) in [5.74, 6) is -3.76. The first-order chi connectivity index (χ1) is 45.4. The monoisotopic (exact) mass is 1300 g/mol. The largest absolute Gasteiger partial charge is 0.466 e. The van der Waals surface area contributed by atoms with E-state index in [0.717, 1.165) is 0 Å². The first-order valence-corrected chi connectivity index (χ1v) is 29.5. The highest BCUT2D eigenvalue weighted by Crippen LogP contribution is 2.28. The van der Waals surface area contributed by atoms with Gasteiger partial charge >= 0.3 is 23.9 Å². The third-order valence-corrected chi connectivity index (χ3v) is 13.8. The number of nitrogens with one attached hydrogen (secondary N) is 2. The predicted octanol–water partition coefficient (Wildman–Crippen LogP) is 8.53. The van der Waals surface area contributed by atoms with Crippen molar-refractivity contribution in [2.24, 2.45) is 11.7 Å². The van der Waals surface area contributed by atoms with E-state index in [4.69, 9.17) is 32.2 Å². The summed E-state index contributed by atoms with van der Waals surface area (Å²) < 4.78 is 65.7. The van der Waals surface area contributed by atoms with Gasteiger partial charge in [-0.05, 0) is 82.3 Å². The first kappa shape index (κ1) is 68.5. The molecule has 1 atom stereocenters. The number of nitrogens with two attached hydrogens (primary N) is 1. The summed E-state index contributed by atoms with van der Waals surface area (Å²) in [5.41, 5.74) is 10.1. The Balaban J connectivity index is 0.000000167. The van der Waals surface area contributed by atoms with E-state index >= 15 is 0 Å². The molecular weight excluding hydrogens is 1240 g/mol. The van der Waals surface area contributed by atoms with E-state index in [0.29, 0.717) is 78.7 Å². The molecule has 0 amide bonds. The maximum atomic E-state index is 14.1. The van der Waals surface area contributed by atoms with Gasteiger partial charge < -0.3 is 34.5 Å². The van der Waals surface area contributed by atoms with Gasteiger partial charge in [0.2, 0.25) is 0 Å². The fourth-order valence-electron chi connectivity index (χ4n) is 9.12. The fraction of sp³-hybridized carbons (Fsp3) is 0.231. The van der Waals surface area contributed by atoms with Gasteiger partial charge in [-0.1, -0.05) is 66.2 Å². The number of nitrogen functional groups attached to an aromatic ring is 1. The normalized spacial score (nSPS) is 11.1. The maximum Gasteiger partial charge on any atom is 0.316 e. The molecule has 11 aromatic rings. The molecule has 94 heavy (non-hydrogen) atoms. The molecule has 0 fully saturated rings. The van der Waals surface area contributed by atoms with Crippen molar-refractivity contribution in [2.75, 3.05) is 26.4 Å². The standard InChI is InChI=1S/C21H17ClFN5O2.C21H18FN5O3.C14H12FN5.C9H14O5/c1-2-30-17(29)10-14-11-25-20(26-19(14)22)18-15-7-5-9-24-21(15)28(27-18)12-13-6-3-4-8-16(13)23;1-2-30-17(28)10-14-11-24-19(25-21(14)29)18-15-7-5-9-23-20(15)27(26-18)12-13-6-3-4-8-16(13)22;15-11-6-2-1-4-9(11)8-20-14-10(5-3-7-18-14)12(19-20)13(16)17;1-3-13-8(11)5-7(6-10)9(12)14-4-2/h3-9,11H,2,10,12H2,1H3;3-9,11H,2,10,12H2,1H3,(H,24,25,29);1-7H,8H2,(H3,16,17);6-7H,3-5H2,1-2H3. The molecule has 0 bridgehead atoms. The minimum atomic E-state index is -1.05. The number of H-pyrrole nitrogens is 1. The Bertz CT molecular complexity index is 4580. The SMILES string of the molecule is CCOC(=O)CC(C=O)C(=O)OCC.CCOC(=O)Cc1cnc(-c2nn(Cc3ccccc3F)c3ncccc23)[nH]c1=O.CCOC(=O)Cc1cnc(-c2nn(Cc3ccccc3F)c3ncccc23)nc1Cl.N=C(N)c1nn(Cc2ccccc2F)c2ncccc12. The molecule has 8 heterocycles. The quantitative estimate of drug-likeness (QED) is 0.0115. The van der Waals surface area contributed by atoms with Crippen LogP contribution in [0.25, 0.3) is 56.1 Å². The van der Waals surface area contributed by atoms with Gasteiger partial charge in [-0.25, -0.2) is 57.1 Å². The van der Waals surface area contributed by atoms with E-state index in [2.05, 4.69) is 59.7 Å². The lowest BCUT2D eigenvalue weighted by Gasteiger charge is -2.08. The Morgan fingerprint density at radius 1 is 0.564 bits per heavy atom. The molecule has 11 rings (SSSR count). The third-order valence-electron chi connectivity index (χ3n) is 13.5. The molecule has 484 valence electrons. The Kier molecular flexibility index (Phi) is 24.1. The molecule has 0 saturated heterocycles. The number of esters is 4. The molecule has 3 aromatic carbocycles. The molecule has 0 spiro atoms. The number of benzene rings is 3.